The maximum atomic E-state index is 4.85. The number of para-hydroxylation sites is 1. The number of pyridine rings is 1. The topological polar surface area (TPSA) is 12.9 Å². The lowest BCUT2D eigenvalue weighted by molar-refractivity contribution is 0.622. The highest BCUT2D eigenvalue weighted by Crippen LogP contribution is 2.36. The van der Waals surface area contributed by atoms with E-state index in [0.717, 1.165) is 12.3 Å². The van der Waals surface area contributed by atoms with E-state index < -0.39 is 0 Å². The third-order valence-corrected chi connectivity index (χ3v) is 3.79. The van der Waals surface area contributed by atoms with Crippen molar-refractivity contribution in [2.24, 2.45) is 5.92 Å². The molecular formula is C16H19N. The molecule has 3 rings (SSSR count). The second-order valence-corrected chi connectivity index (χ2v) is 5.64. The van der Waals surface area contributed by atoms with Crippen LogP contribution in [0.25, 0.3) is 10.9 Å². The lowest BCUT2D eigenvalue weighted by atomic mass is 9.92. The zero-order valence-corrected chi connectivity index (χ0v) is 10.8. The van der Waals surface area contributed by atoms with Crippen LogP contribution >= 0.6 is 0 Å². The Morgan fingerprint density at radius 1 is 1.18 bits per heavy atom. The molecule has 0 fully saturated rings. The summed E-state index contributed by atoms with van der Waals surface area (Å²) in [5.41, 5.74) is 5.59. The third-order valence-electron chi connectivity index (χ3n) is 3.79. The first-order chi connectivity index (χ1) is 8.16. The Morgan fingerprint density at radius 2 is 1.94 bits per heavy atom. The second kappa shape index (κ2) is 3.83. The molecule has 1 unspecified atom stereocenters. The fraction of sp³-hybridized carbons (Fsp3) is 0.438. The monoisotopic (exact) mass is 225 g/mol. The van der Waals surface area contributed by atoms with Crippen molar-refractivity contribution in [3.8, 4) is 0 Å². The summed E-state index contributed by atoms with van der Waals surface area (Å²) in [5.74, 6) is 1.34. The number of hydrogen-bond acceptors (Lipinski definition) is 1. The number of aromatic nitrogens is 1. The zero-order chi connectivity index (χ0) is 12.0. The molecule has 0 saturated heterocycles. The lowest BCUT2D eigenvalue weighted by Gasteiger charge is -2.15. The van der Waals surface area contributed by atoms with Gasteiger partial charge in [0, 0.05) is 11.1 Å². The average molecular weight is 225 g/mol. The van der Waals surface area contributed by atoms with Crippen LogP contribution in [0.5, 0.6) is 0 Å². The summed E-state index contributed by atoms with van der Waals surface area (Å²) >= 11 is 0. The zero-order valence-electron chi connectivity index (χ0n) is 10.8. The van der Waals surface area contributed by atoms with Gasteiger partial charge in [0.2, 0.25) is 0 Å². The first kappa shape index (κ1) is 10.8. The molecule has 0 saturated carbocycles. The summed E-state index contributed by atoms with van der Waals surface area (Å²) in [6, 6.07) is 8.58. The van der Waals surface area contributed by atoms with Gasteiger partial charge in [0.15, 0.2) is 0 Å². The van der Waals surface area contributed by atoms with E-state index in [0.29, 0.717) is 5.92 Å². The minimum absolute atomic E-state index is 0.585. The van der Waals surface area contributed by atoms with Crippen LogP contribution in [0.3, 0.4) is 0 Å². The predicted molar refractivity (Wildman–Crippen MR) is 72.4 cm³/mol. The molecule has 1 atom stereocenters. The number of benzene rings is 1. The largest absolute Gasteiger partial charge is 0.253 e. The van der Waals surface area contributed by atoms with Crippen LogP contribution in [-0.2, 0) is 12.8 Å². The molecule has 0 radical (unpaired) electrons. The standard InChI is InChI=1S/C16H19N/c1-10(2)16-12-6-4-5-7-14(12)17-15-9-11(3)8-13(15)16/h4-7,10-11H,8-9H2,1-3H3. The molecule has 1 heterocycles. The van der Waals surface area contributed by atoms with E-state index in [1.54, 1.807) is 0 Å². The third kappa shape index (κ3) is 1.65. The van der Waals surface area contributed by atoms with E-state index in [2.05, 4.69) is 45.0 Å². The van der Waals surface area contributed by atoms with E-state index in [1.165, 1.54) is 34.1 Å². The van der Waals surface area contributed by atoms with Crippen molar-refractivity contribution in [2.75, 3.05) is 0 Å². The van der Waals surface area contributed by atoms with E-state index in [4.69, 9.17) is 4.98 Å². The number of fused-ring (bicyclic) bond motifs is 2. The quantitative estimate of drug-likeness (QED) is 0.712. The number of nitrogens with zero attached hydrogens (tertiary/aromatic N) is 1. The molecule has 0 N–H and O–H groups in total. The fourth-order valence-corrected chi connectivity index (χ4v) is 3.14. The average Bonchev–Trinajstić information content (AvgIpc) is 2.64. The van der Waals surface area contributed by atoms with Crippen molar-refractivity contribution in [1.82, 2.24) is 4.98 Å². The maximum Gasteiger partial charge on any atom is 0.0708 e. The molecule has 0 amide bonds. The van der Waals surface area contributed by atoms with Gasteiger partial charge in [-0.2, -0.15) is 0 Å². The van der Waals surface area contributed by atoms with Crippen LogP contribution in [0.1, 0.15) is 43.5 Å². The Bertz CT molecular complexity index is 569. The minimum Gasteiger partial charge on any atom is -0.253 e. The first-order valence-corrected chi connectivity index (χ1v) is 6.57. The summed E-state index contributed by atoms with van der Waals surface area (Å²) in [7, 11) is 0. The molecule has 0 spiro atoms. The molecule has 1 aliphatic rings. The van der Waals surface area contributed by atoms with Crippen LogP contribution in [-0.4, -0.2) is 4.98 Å². The van der Waals surface area contributed by atoms with Gasteiger partial charge in [0.05, 0.1) is 5.52 Å². The van der Waals surface area contributed by atoms with Gasteiger partial charge in [-0.15, -0.1) is 0 Å². The smallest absolute Gasteiger partial charge is 0.0708 e. The maximum absolute atomic E-state index is 4.85. The molecule has 0 aliphatic heterocycles. The highest BCUT2D eigenvalue weighted by Gasteiger charge is 2.24. The SMILES string of the molecule is CC1Cc2nc3ccccc3c(C(C)C)c2C1. The lowest BCUT2D eigenvalue weighted by Crippen LogP contribution is -2.00. The normalized spacial score (nSPS) is 18.9. The molecule has 1 nitrogen and oxygen atoms in total. The summed E-state index contributed by atoms with van der Waals surface area (Å²) < 4.78 is 0. The molecule has 1 aromatic carbocycles. The van der Waals surface area contributed by atoms with Crippen LogP contribution in [0, 0.1) is 5.92 Å². The molecule has 2 aromatic rings. The predicted octanol–water partition coefficient (Wildman–Crippen LogP) is 4.09. The summed E-state index contributed by atoms with van der Waals surface area (Å²) in [6.07, 6.45) is 2.36. The second-order valence-electron chi connectivity index (χ2n) is 5.64. The molecular weight excluding hydrogens is 206 g/mol. The van der Waals surface area contributed by atoms with Gasteiger partial charge < -0.3 is 0 Å². The van der Waals surface area contributed by atoms with Crippen molar-refractivity contribution in [2.45, 2.75) is 39.5 Å². The van der Waals surface area contributed by atoms with Crippen LogP contribution in [0.15, 0.2) is 24.3 Å². The highest BCUT2D eigenvalue weighted by atomic mass is 14.7. The van der Waals surface area contributed by atoms with Crippen molar-refractivity contribution in [3.05, 3.63) is 41.1 Å². The van der Waals surface area contributed by atoms with Crippen molar-refractivity contribution < 1.29 is 0 Å². The van der Waals surface area contributed by atoms with Gasteiger partial charge in [-0.1, -0.05) is 39.0 Å². The van der Waals surface area contributed by atoms with Crippen LogP contribution in [0.2, 0.25) is 0 Å². The van der Waals surface area contributed by atoms with Crippen LogP contribution in [0.4, 0.5) is 0 Å². The summed E-state index contributed by atoms with van der Waals surface area (Å²) in [6.45, 7) is 6.92. The highest BCUT2D eigenvalue weighted by molar-refractivity contribution is 5.84. The molecule has 1 aromatic heterocycles. The van der Waals surface area contributed by atoms with Crippen molar-refractivity contribution in [1.29, 1.82) is 0 Å². The minimum atomic E-state index is 0.585. The summed E-state index contributed by atoms with van der Waals surface area (Å²) in [5, 5.41) is 1.36. The van der Waals surface area contributed by atoms with Gasteiger partial charge in [-0.3, -0.25) is 4.98 Å². The van der Waals surface area contributed by atoms with Gasteiger partial charge in [-0.05, 0) is 41.9 Å². The Balaban J connectivity index is 2.36. The summed E-state index contributed by atoms with van der Waals surface area (Å²) in [4.78, 5) is 4.85. The molecule has 1 aliphatic carbocycles. The van der Waals surface area contributed by atoms with E-state index >= 15 is 0 Å². The van der Waals surface area contributed by atoms with Gasteiger partial charge in [0.1, 0.15) is 0 Å². The molecule has 0 bridgehead atoms. The van der Waals surface area contributed by atoms with Gasteiger partial charge >= 0.3 is 0 Å². The van der Waals surface area contributed by atoms with E-state index in [1.807, 2.05) is 0 Å². The van der Waals surface area contributed by atoms with Gasteiger partial charge in [-0.25, -0.2) is 0 Å². The fourth-order valence-electron chi connectivity index (χ4n) is 3.14. The Morgan fingerprint density at radius 3 is 2.71 bits per heavy atom. The Hall–Kier alpha value is -1.37. The van der Waals surface area contributed by atoms with Crippen LogP contribution < -0.4 is 0 Å². The molecule has 17 heavy (non-hydrogen) atoms. The molecule has 88 valence electrons. The van der Waals surface area contributed by atoms with E-state index in [9.17, 15) is 0 Å². The Labute approximate surface area is 103 Å². The number of rotatable bonds is 1. The first-order valence-electron chi connectivity index (χ1n) is 6.57. The van der Waals surface area contributed by atoms with E-state index in [-0.39, 0.29) is 0 Å². The molecule has 1 heteroatoms. The Kier molecular flexibility index (Phi) is 2.43. The van der Waals surface area contributed by atoms with Crippen molar-refractivity contribution >= 4 is 10.9 Å². The number of hydrogen-bond donors (Lipinski definition) is 0. The van der Waals surface area contributed by atoms with Crippen molar-refractivity contribution in [3.63, 3.8) is 0 Å². The van der Waals surface area contributed by atoms with Gasteiger partial charge in [0.25, 0.3) is 0 Å².